The fourth-order valence-electron chi connectivity index (χ4n) is 4.45. The summed E-state index contributed by atoms with van der Waals surface area (Å²) in [6.45, 7) is 3.66. The SMILES string of the molecule is Cl.O=C(OCCCCCN1CCCCC1)c1cc(O)c2c(c1)C(=O)c1cccc(O)c1C2=O. The molecule has 1 aliphatic carbocycles. The number of ether oxygens (including phenoxy) is 1. The Hall–Kier alpha value is -2.90. The molecule has 7 nitrogen and oxygen atoms in total. The van der Waals surface area contributed by atoms with Crippen LogP contribution in [-0.4, -0.2) is 58.9 Å². The number of halogens is 1. The third-order valence-corrected chi connectivity index (χ3v) is 6.14. The molecule has 1 aliphatic heterocycles. The van der Waals surface area contributed by atoms with Gasteiger partial charge in [0.25, 0.3) is 0 Å². The molecule has 176 valence electrons. The molecule has 2 N–H and O–H groups in total. The summed E-state index contributed by atoms with van der Waals surface area (Å²) in [7, 11) is 0. The van der Waals surface area contributed by atoms with E-state index in [1.54, 1.807) is 0 Å². The summed E-state index contributed by atoms with van der Waals surface area (Å²) in [5.41, 5.74) is -0.361. The number of hydrogen-bond donors (Lipinski definition) is 2. The number of esters is 1. The van der Waals surface area contributed by atoms with Crippen LogP contribution in [0.4, 0.5) is 0 Å². The number of fused-ring (bicyclic) bond motifs is 2. The predicted molar refractivity (Wildman–Crippen MR) is 125 cm³/mol. The number of rotatable bonds is 7. The number of hydrogen-bond acceptors (Lipinski definition) is 7. The van der Waals surface area contributed by atoms with Crippen molar-refractivity contribution in [1.29, 1.82) is 0 Å². The second-order valence-electron chi connectivity index (χ2n) is 8.37. The van der Waals surface area contributed by atoms with Gasteiger partial charge in [-0.05, 0) is 69.9 Å². The molecule has 2 aromatic carbocycles. The first-order chi connectivity index (χ1) is 15.5. The van der Waals surface area contributed by atoms with Crippen molar-refractivity contribution in [3.63, 3.8) is 0 Å². The lowest BCUT2D eigenvalue weighted by molar-refractivity contribution is 0.0496. The van der Waals surface area contributed by atoms with Crippen LogP contribution < -0.4 is 0 Å². The molecule has 2 aliphatic rings. The van der Waals surface area contributed by atoms with Gasteiger partial charge in [0.05, 0.1) is 23.3 Å². The molecule has 0 aromatic heterocycles. The molecule has 2 aromatic rings. The van der Waals surface area contributed by atoms with Crippen LogP contribution in [0.15, 0.2) is 30.3 Å². The van der Waals surface area contributed by atoms with Gasteiger partial charge in [0.15, 0.2) is 5.78 Å². The number of piperidine rings is 1. The monoisotopic (exact) mass is 473 g/mol. The topological polar surface area (TPSA) is 104 Å². The molecule has 33 heavy (non-hydrogen) atoms. The number of carbonyl (C=O) groups is 3. The number of nitrogens with zero attached hydrogens (tertiary/aromatic N) is 1. The van der Waals surface area contributed by atoms with Gasteiger partial charge in [0, 0.05) is 11.1 Å². The van der Waals surface area contributed by atoms with Crippen molar-refractivity contribution in [1.82, 2.24) is 4.90 Å². The van der Waals surface area contributed by atoms with Gasteiger partial charge in [-0.2, -0.15) is 0 Å². The molecule has 0 spiro atoms. The standard InChI is InChI=1S/C25H27NO6.ClH/c27-19-9-7-8-17-21(19)24(30)22-18(23(17)29)14-16(15-20(22)28)25(31)32-13-6-2-5-12-26-10-3-1-4-11-26;/h7-9,14-15,27-28H,1-6,10-13H2;1H. The first kappa shape index (κ1) is 24.7. The highest BCUT2D eigenvalue weighted by molar-refractivity contribution is 6.30. The maximum Gasteiger partial charge on any atom is 0.338 e. The van der Waals surface area contributed by atoms with Crippen LogP contribution >= 0.6 is 12.4 Å². The molecule has 0 unspecified atom stereocenters. The van der Waals surface area contributed by atoms with Crippen molar-refractivity contribution in [2.24, 2.45) is 0 Å². The number of phenolic OH excluding ortho intramolecular Hbond substituents is 2. The molecule has 8 heteroatoms. The Bertz CT molecular complexity index is 1060. The van der Waals surface area contributed by atoms with Gasteiger partial charge < -0.3 is 19.8 Å². The van der Waals surface area contributed by atoms with E-state index in [1.807, 2.05) is 0 Å². The molecule has 0 bridgehead atoms. The molecule has 1 heterocycles. The summed E-state index contributed by atoms with van der Waals surface area (Å²) in [4.78, 5) is 40.6. The zero-order valence-electron chi connectivity index (χ0n) is 18.3. The normalized spacial score (nSPS) is 15.4. The van der Waals surface area contributed by atoms with Crippen molar-refractivity contribution in [3.8, 4) is 11.5 Å². The summed E-state index contributed by atoms with van der Waals surface area (Å²) < 4.78 is 5.32. The third kappa shape index (κ3) is 5.20. The Kier molecular flexibility index (Phi) is 8.10. The van der Waals surface area contributed by atoms with Crippen molar-refractivity contribution >= 4 is 29.9 Å². The Labute approximate surface area is 198 Å². The Morgan fingerprint density at radius 1 is 0.879 bits per heavy atom. The van der Waals surface area contributed by atoms with E-state index >= 15 is 0 Å². The summed E-state index contributed by atoms with van der Waals surface area (Å²) in [6, 6.07) is 6.62. The highest BCUT2D eigenvalue weighted by atomic mass is 35.5. The molecular formula is C25H28ClNO6. The minimum atomic E-state index is -0.654. The van der Waals surface area contributed by atoms with Crippen LogP contribution in [0.3, 0.4) is 0 Å². The highest BCUT2D eigenvalue weighted by Gasteiger charge is 2.35. The third-order valence-electron chi connectivity index (χ3n) is 6.14. The lowest BCUT2D eigenvalue weighted by Crippen LogP contribution is -2.30. The summed E-state index contributed by atoms with van der Waals surface area (Å²) >= 11 is 0. The predicted octanol–water partition coefficient (Wildman–Crippen LogP) is 4.11. The number of likely N-dealkylation sites (tertiary alicyclic amines) is 1. The van der Waals surface area contributed by atoms with Crippen LogP contribution in [0.2, 0.25) is 0 Å². The number of carbonyl (C=O) groups excluding carboxylic acids is 3. The smallest absolute Gasteiger partial charge is 0.338 e. The van der Waals surface area contributed by atoms with Crippen LogP contribution in [-0.2, 0) is 4.74 Å². The lowest BCUT2D eigenvalue weighted by atomic mass is 9.82. The van der Waals surface area contributed by atoms with Gasteiger partial charge in [0.1, 0.15) is 11.5 Å². The highest BCUT2D eigenvalue weighted by Crippen LogP contribution is 2.37. The van der Waals surface area contributed by atoms with Gasteiger partial charge >= 0.3 is 5.97 Å². The van der Waals surface area contributed by atoms with E-state index in [-0.39, 0.29) is 52.6 Å². The zero-order chi connectivity index (χ0) is 22.7. The summed E-state index contributed by atoms with van der Waals surface area (Å²) in [5, 5.41) is 20.4. The molecule has 4 rings (SSSR count). The quantitative estimate of drug-likeness (QED) is 0.393. The van der Waals surface area contributed by atoms with Gasteiger partial charge in [-0.15, -0.1) is 12.4 Å². The van der Waals surface area contributed by atoms with Gasteiger partial charge in [0.2, 0.25) is 5.78 Å². The number of ketones is 2. The van der Waals surface area contributed by atoms with Crippen molar-refractivity contribution < 1.29 is 29.3 Å². The number of phenols is 2. The largest absolute Gasteiger partial charge is 0.507 e. The van der Waals surface area contributed by atoms with Crippen molar-refractivity contribution in [3.05, 3.63) is 58.1 Å². The van der Waals surface area contributed by atoms with E-state index in [1.165, 1.54) is 56.6 Å². The van der Waals surface area contributed by atoms with Crippen LogP contribution in [0.25, 0.3) is 0 Å². The van der Waals surface area contributed by atoms with Crippen molar-refractivity contribution in [2.45, 2.75) is 38.5 Å². The van der Waals surface area contributed by atoms with Crippen LogP contribution in [0, 0.1) is 0 Å². The number of aromatic hydroxyl groups is 2. The molecule has 1 fully saturated rings. The van der Waals surface area contributed by atoms with E-state index in [0.717, 1.165) is 31.9 Å². The van der Waals surface area contributed by atoms with Gasteiger partial charge in [-0.1, -0.05) is 18.6 Å². The van der Waals surface area contributed by atoms with E-state index in [2.05, 4.69) is 4.90 Å². The Morgan fingerprint density at radius 2 is 1.61 bits per heavy atom. The average molecular weight is 474 g/mol. The fourth-order valence-corrected chi connectivity index (χ4v) is 4.45. The van der Waals surface area contributed by atoms with Gasteiger partial charge in [-0.25, -0.2) is 4.79 Å². The average Bonchev–Trinajstić information content (AvgIpc) is 2.79. The minimum Gasteiger partial charge on any atom is -0.507 e. The molecule has 1 saturated heterocycles. The molecule has 0 saturated carbocycles. The zero-order valence-corrected chi connectivity index (χ0v) is 19.2. The Morgan fingerprint density at radius 3 is 2.36 bits per heavy atom. The Balaban J connectivity index is 0.00000306. The second kappa shape index (κ2) is 10.8. The number of benzene rings is 2. The van der Waals surface area contributed by atoms with E-state index in [0.29, 0.717) is 0 Å². The van der Waals surface area contributed by atoms with Gasteiger partial charge in [-0.3, -0.25) is 9.59 Å². The maximum atomic E-state index is 12.9. The first-order valence-electron chi connectivity index (χ1n) is 11.1. The molecule has 0 atom stereocenters. The minimum absolute atomic E-state index is 0. The van der Waals surface area contributed by atoms with E-state index < -0.39 is 23.3 Å². The maximum absolute atomic E-state index is 12.9. The van der Waals surface area contributed by atoms with E-state index in [9.17, 15) is 24.6 Å². The van der Waals surface area contributed by atoms with Crippen LogP contribution in [0.1, 0.15) is 80.7 Å². The fraction of sp³-hybridized carbons (Fsp3) is 0.400. The van der Waals surface area contributed by atoms with E-state index in [4.69, 9.17) is 4.74 Å². The molecule has 0 radical (unpaired) electrons. The van der Waals surface area contributed by atoms with Crippen LogP contribution in [0.5, 0.6) is 11.5 Å². The summed E-state index contributed by atoms with van der Waals surface area (Å²) in [5.74, 6) is -2.65. The first-order valence-corrected chi connectivity index (χ1v) is 11.1. The number of unbranched alkanes of at least 4 members (excludes halogenated alkanes) is 2. The summed E-state index contributed by atoms with van der Waals surface area (Å²) in [6.07, 6.45) is 6.60. The lowest BCUT2D eigenvalue weighted by Gasteiger charge is -2.26. The molecule has 0 amide bonds. The molecular weight excluding hydrogens is 446 g/mol. The second-order valence-corrected chi connectivity index (χ2v) is 8.37. The van der Waals surface area contributed by atoms with Crippen molar-refractivity contribution in [2.75, 3.05) is 26.2 Å².